The summed E-state index contributed by atoms with van der Waals surface area (Å²) in [5.41, 5.74) is 7.23. The number of aliphatic imine (C=N–C) groups is 1. The topological polar surface area (TPSA) is 82.0 Å². The second-order valence-electron chi connectivity index (χ2n) is 11.5. The fraction of sp³-hybridized carbons (Fsp3) is 0.306. The molecule has 6 heterocycles. The number of likely N-dealkylation sites (N-methyl/N-ethyl adjacent to an activating group) is 1. The molecule has 0 aromatic heterocycles. The van der Waals surface area contributed by atoms with Gasteiger partial charge in [0.1, 0.15) is 11.5 Å². The molecule has 1 unspecified atom stereocenters. The predicted molar refractivity (Wildman–Crippen MR) is 169 cm³/mol. The lowest BCUT2D eigenvalue weighted by atomic mass is 9.87. The molecule has 4 bridgehead atoms. The molecule has 4 aromatic rings. The van der Waals surface area contributed by atoms with Crippen LogP contribution in [0.3, 0.4) is 0 Å². The molecule has 44 heavy (non-hydrogen) atoms. The van der Waals surface area contributed by atoms with Crippen LogP contribution >= 0.6 is 0 Å². The highest BCUT2D eigenvalue weighted by atomic mass is 16.5. The van der Waals surface area contributed by atoms with Crippen LogP contribution in [0.25, 0.3) is 0 Å². The molecular weight excluding hydrogens is 556 g/mol. The van der Waals surface area contributed by atoms with Crippen molar-refractivity contribution in [1.82, 2.24) is 4.90 Å². The number of benzene rings is 4. The number of hydrogen-bond acceptors (Lipinski definition) is 8. The van der Waals surface area contributed by atoms with Gasteiger partial charge in [0, 0.05) is 36.7 Å². The SMILES string of the molecule is COc1cc2c3c(c1O)Oc1ccc(cc1)CC1c4c(cc(OC)c(OC)c4Oc4ccc(cc4)CC3=NCC2)CCN1C. The lowest BCUT2D eigenvalue weighted by molar-refractivity contribution is 0.221. The number of nitrogens with zero attached hydrogens (tertiary/aromatic N) is 2. The van der Waals surface area contributed by atoms with E-state index in [0.29, 0.717) is 53.2 Å². The highest BCUT2D eigenvalue weighted by molar-refractivity contribution is 6.07. The van der Waals surface area contributed by atoms with Crippen molar-refractivity contribution in [2.24, 2.45) is 4.99 Å². The van der Waals surface area contributed by atoms with E-state index in [2.05, 4.69) is 42.3 Å². The molecule has 6 aliphatic heterocycles. The molecule has 10 rings (SSSR count). The average Bonchev–Trinajstić information content (AvgIpc) is 3.04. The van der Waals surface area contributed by atoms with Crippen LogP contribution in [0.15, 0.2) is 65.7 Å². The fourth-order valence-electron chi connectivity index (χ4n) is 6.63. The smallest absolute Gasteiger partial charge is 0.204 e. The van der Waals surface area contributed by atoms with Gasteiger partial charge in [-0.25, -0.2) is 0 Å². The second kappa shape index (κ2) is 11.4. The van der Waals surface area contributed by atoms with Crippen LogP contribution in [0.1, 0.15) is 39.4 Å². The van der Waals surface area contributed by atoms with Crippen LogP contribution in [-0.2, 0) is 25.7 Å². The summed E-state index contributed by atoms with van der Waals surface area (Å²) < 4.78 is 30.4. The molecule has 0 amide bonds. The Labute approximate surface area is 257 Å². The first kappa shape index (κ1) is 28.1. The third-order valence-electron chi connectivity index (χ3n) is 8.93. The summed E-state index contributed by atoms with van der Waals surface area (Å²) in [6.45, 7) is 1.56. The minimum absolute atomic E-state index is 0.0274. The van der Waals surface area contributed by atoms with Crippen LogP contribution in [-0.4, -0.2) is 57.2 Å². The van der Waals surface area contributed by atoms with Gasteiger partial charge in [0.15, 0.2) is 23.0 Å². The molecule has 4 aromatic carbocycles. The first-order valence-corrected chi connectivity index (χ1v) is 15.0. The van der Waals surface area contributed by atoms with E-state index in [4.69, 9.17) is 28.7 Å². The van der Waals surface area contributed by atoms with Crippen molar-refractivity contribution in [3.05, 3.63) is 94.0 Å². The van der Waals surface area contributed by atoms with Crippen LogP contribution < -0.4 is 23.7 Å². The number of aromatic hydroxyl groups is 1. The van der Waals surface area contributed by atoms with E-state index in [9.17, 15) is 5.11 Å². The van der Waals surface area contributed by atoms with Crippen molar-refractivity contribution in [2.75, 3.05) is 41.5 Å². The van der Waals surface area contributed by atoms with Crippen molar-refractivity contribution < 1.29 is 28.8 Å². The van der Waals surface area contributed by atoms with Crippen LogP contribution in [0, 0.1) is 0 Å². The van der Waals surface area contributed by atoms with E-state index in [-0.39, 0.29) is 11.8 Å². The average molecular weight is 593 g/mol. The van der Waals surface area contributed by atoms with Crippen molar-refractivity contribution in [1.29, 1.82) is 0 Å². The molecule has 0 aliphatic carbocycles. The Hall–Kier alpha value is -4.69. The normalized spacial score (nSPS) is 17.3. The van der Waals surface area contributed by atoms with E-state index in [0.717, 1.165) is 59.3 Å². The summed E-state index contributed by atoms with van der Waals surface area (Å²) in [7, 11) is 7.03. The van der Waals surface area contributed by atoms with Gasteiger partial charge < -0.3 is 28.8 Å². The Morgan fingerprint density at radius 1 is 0.795 bits per heavy atom. The summed E-state index contributed by atoms with van der Waals surface area (Å²) in [6, 6.07) is 20.2. The maximum absolute atomic E-state index is 11.3. The third kappa shape index (κ3) is 4.89. The van der Waals surface area contributed by atoms with Crippen LogP contribution in [0.4, 0.5) is 0 Å². The lowest BCUT2D eigenvalue weighted by Gasteiger charge is -2.36. The number of methoxy groups -OCH3 is 3. The third-order valence-corrected chi connectivity index (χ3v) is 8.93. The molecule has 0 saturated carbocycles. The fourth-order valence-corrected chi connectivity index (χ4v) is 6.63. The zero-order valence-electron chi connectivity index (χ0n) is 25.5. The Kier molecular flexibility index (Phi) is 7.30. The highest BCUT2D eigenvalue weighted by Gasteiger charge is 2.33. The van der Waals surface area contributed by atoms with Gasteiger partial charge >= 0.3 is 0 Å². The molecule has 8 nitrogen and oxygen atoms in total. The molecule has 0 radical (unpaired) electrons. The molecule has 6 aliphatic rings. The van der Waals surface area contributed by atoms with Gasteiger partial charge in [-0.3, -0.25) is 9.89 Å². The maximum atomic E-state index is 11.3. The zero-order valence-corrected chi connectivity index (χ0v) is 25.5. The van der Waals surface area contributed by atoms with E-state index < -0.39 is 0 Å². The van der Waals surface area contributed by atoms with Gasteiger partial charge in [0.05, 0.1) is 27.0 Å². The van der Waals surface area contributed by atoms with E-state index in [1.54, 1.807) is 21.3 Å². The maximum Gasteiger partial charge on any atom is 0.204 e. The number of phenols is 1. The monoisotopic (exact) mass is 592 g/mol. The Morgan fingerprint density at radius 2 is 1.45 bits per heavy atom. The van der Waals surface area contributed by atoms with Crippen molar-refractivity contribution in [3.8, 4) is 46.0 Å². The van der Waals surface area contributed by atoms with Gasteiger partial charge in [0.2, 0.25) is 11.5 Å². The predicted octanol–water partition coefficient (Wildman–Crippen LogP) is 6.68. The second-order valence-corrected chi connectivity index (χ2v) is 11.5. The first-order chi connectivity index (χ1) is 21.5. The molecular formula is C36H36N2O6. The van der Waals surface area contributed by atoms with E-state index in [1.165, 1.54) is 5.56 Å². The van der Waals surface area contributed by atoms with E-state index >= 15 is 0 Å². The Bertz CT molecular complexity index is 1750. The summed E-state index contributed by atoms with van der Waals surface area (Å²) in [4.78, 5) is 7.26. The van der Waals surface area contributed by atoms with Gasteiger partial charge in [-0.2, -0.15) is 0 Å². The van der Waals surface area contributed by atoms with Crippen molar-refractivity contribution in [2.45, 2.75) is 31.7 Å². The standard InChI is InChI=1S/C36H36N2O6/c1-38-16-14-24-20-30(41-3)34(42-4)36-32(24)28(38)18-22-7-11-25(12-8-22)43-35-31-23(19-29(40-2)33(35)39)13-15-37-27(31)17-21-5-9-26(44-36)10-6-21/h5-12,19-20,28,39H,13-18H2,1-4H3. The summed E-state index contributed by atoms with van der Waals surface area (Å²) in [5, 5.41) is 11.3. The minimum Gasteiger partial charge on any atom is -0.502 e. The molecule has 1 atom stereocenters. The van der Waals surface area contributed by atoms with E-state index in [1.807, 2.05) is 30.3 Å². The quantitative estimate of drug-likeness (QED) is 0.284. The number of rotatable bonds is 3. The Morgan fingerprint density at radius 3 is 2.14 bits per heavy atom. The summed E-state index contributed by atoms with van der Waals surface area (Å²) >= 11 is 0. The Balaban J connectivity index is 1.40. The molecule has 226 valence electrons. The summed E-state index contributed by atoms with van der Waals surface area (Å²) in [6.07, 6.45) is 2.94. The van der Waals surface area contributed by atoms with Crippen molar-refractivity contribution in [3.63, 3.8) is 0 Å². The van der Waals surface area contributed by atoms with Crippen molar-refractivity contribution >= 4 is 5.71 Å². The summed E-state index contributed by atoms with van der Waals surface area (Å²) in [5.74, 6) is 4.01. The lowest BCUT2D eigenvalue weighted by Crippen LogP contribution is -2.34. The van der Waals surface area contributed by atoms with Gasteiger partial charge in [0.25, 0.3) is 0 Å². The number of phenolic OH excluding ortho intramolecular Hbond substituents is 1. The first-order valence-electron chi connectivity index (χ1n) is 15.0. The number of ether oxygens (including phenoxy) is 5. The van der Waals surface area contributed by atoms with Crippen LogP contribution in [0.5, 0.6) is 46.0 Å². The molecule has 0 fully saturated rings. The highest BCUT2D eigenvalue weighted by Crippen LogP contribution is 2.50. The molecule has 0 saturated heterocycles. The molecule has 8 heteroatoms. The van der Waals surface area contributed by atoms with Gasteiger partial charge in [-0.1, -0.05) is 24.3 Å². The minimum atomic E-state index is -0.0274. The number of hydrogen-bond donors (Lipinski definition) is 1. The van der Waals surface area contributed by atoms with Gasteiger partial charge in [-0.15, -0.1) is 0 Å². The largest absolute Gasteiger partial charge is 0.502 e. The molecule has 1 N–H and O–H groups in total. The van der Waals surface area contributed by atoms with Gasteiger partial charge in [-0.05, 0) is 85.0 Å². The zero-order chi connectivity index (χ0) is 30.4. The molecule has 0 spiro atoms. The van der Waals surface area contributed by atoms with Crippen LogP contribution in [0.2, 0.25) is 0 Å².